The number of aryl methyl sites for hydroxylation is 2. The first-order chi connectivity index (χ1) is 9.95. The van der Waals surface area contributed by atoms with Crippen LogP contribution in [-0.2, 0) is 4.79 Å². The van der Waals surface area contributed by atoms with E-state index in [2.05, 4.69) is 10.6 Å². The number of benzene rings is 2. The molecule has 0 heterocycles. The van der Waals surface area contributed by atoms with Gasteiger partial charge in [0.05, 0.1) is 17.3 Å². The zero-order chi connectivity index (χ0) is 15.4. The van der Waals surface area contributed by atoms with Crippen LogP contribution in [0.4, 0.5) is 11.4 Å². The third-order valence-corrected chi connectivity index (χ3v) is 3.74. The van der Waals surface area contributed by atoms with Crippen LogP contribution >= 0.6 is 23.2 Å². The summed E-state index contributed by atoms with van der Waals surface area (Å²) in [6.07, 6.45) is 0. The first-order valence-corrected chi connectivity index (χ1v) is 7.27. The molecule has 0 fully saturated rings. The van der Waals surface area contributed by atoms with E-state index in [0.717, 1.165) is 16.8 Å². The lowest BCUT2D eigenvalue weighted by atomic mass is 10.2. The summed E-state index contributed by atoms with van der Waals surface area (Å²) in [5, 5.41) is 6.94. The van der Waals surface area contributed by atoms with Gasteiger partial charge in [0.25, 0.3) is 0 Å². The highest BCUT2D eigenvalue weighted by Crippen LogP contribution is 2.28. The molecule has 0 saturated carbocycles. The van der Waals surface area contributed by atoms with Gasteiger partial charge in [0.1, 0.15) is 0 Å². The number of nitrogens with one attached hydrogen (secondary N) is 2. The van der Waals surface area contributed by atoms with Gasteiger partial charge in [-0.05, 0) is 43.7 Å². The number of hydrogen-bond acceptors (Lipinski definition) is 2. The molecule has 0 aliphatic heterocycles. The van der Waals surface area contributed by atoms with Crippen LogP contribution in [0.1, 0.15) is 11.1 Å². The third-order valence-electron chi connectivity index (χ3n) is 3.02. The van der Waals surface area contributed by atoms with E-state index in [1.54, 1.807) is 12.1 Å². The summed E-state index contributed by atoms with van der Waals surface area (Å²) in [5.41, 5.74) is 3.45. The summed E-state index contributed by atoms with van der Waals surface area (Å²) in [6, 6.07) is 11.1. The van der Waals surface area contributed by atoms with E-state index in [4.69, 9.17) is 23.2 Å². The van der Waals surface area contributed by atoms with Crippen LogP contribution < -0.4 is 10.6 Å². The molecule has 0 spiro atoms. The highest BCUT2D eigenvalue weighted by Gasteiger charge is 2.07. The van der Waals surface area contributed by atoms with Gasteiger partial charge in [-0.25, -0.2) is 0 Å². The Kier molecular flexibility index (Phi) is 5.10. The number of rotatable bonds is 4. The molecule has 3 nitrogen and oxygen atoms in total. The molecule has 2 aromatic carbocycles. The van der Waals surface area contributed by atoms with Crippen LogP contribution in [0.5, 0.6) is 0 Å². The highest BCUT2D eigenvalue weighted by molar-refractivity contribution is 6.35. The summed E-state index contributed by atoms with van der Waals surface area (Å²) in [5.74, 6) is -0.147. The molecule has 0 bridgehead atoms. The summed E-state index contributed by atoms with van der Waals surface area (Å²) in [7, 11) is 0. The Bertz CT molecular complexity index is 654. The van der Waals surface area contributed by atoms with E-state index in [1.165, 1.54) is 0 Å². The van der Waals surface area contributed by atoms with Gasteiger partial charge in [-0.15, -0.1) is 0 Å². The fraction of sp³-hybridized carbons (Fsp3) is 0.188. The predicted octanol–water partition coefficient (Wildman–Crippen LogP) is 4.66. The lowest BCUT2D eigenvalue weighted by Gasteiger charge is -2.11. The summed E-state index contributed by atoms with van der Waals surface area (Å²) in [4.78, 5) is 11.9. The second kappa shape index (κ2) is 6.83. The van der Waals surface area contributed by atoms with Crippen molar-refractivity contribution < 1.29 is 4.79 Å². The van der Waals surface area contributed by atoms with Crippen LogP contribution in [0.2, 0.25) is 10.0 Å². The zero-order valence-corrected chi connectivity index (χ0v) is 13.3. The van der Waals surface area contributed by atoms with Crippen molar-refractivity contribution in [2.75, 3.05) is 17.2 Å². The van der Waals surface area contributed by atoms with Crippen molar-refractivity contribution in [2.24, 2.45) is 0 Å². The maximum absolute atomic E-state index is 11.9. The fourth-order valence-electron chi connectivity index (χ4n) is 1.80. The summed E-state index contributed by atoms with van der Waals surface area (Å²) in [6.45, 7) is 3.99. The van der Waals surface area contributed by atoms with E-state index in [0.29, 0.717) is 15.7 Å². The molecule has 2 aromatic rings. The normalized spacial score (nSPS) is 10.3. The Morgan fingerprint density at radius 2 is 1.71 bits per heavy atom. The second-order valence-electron chi connectivity index (χ2n) is 4.85. The van der Waals surface area contributed by atoms with Gasteiger partial charge in [0.15, 0.2) is 0 Å². The van der Waals surface area contributed by atoms with E-state index >= 15 is 0 Å². The quantitative estimate of drug-likeness (QED) is 0.859. The second-order valence-corrected chi connectivity index (χ2v) is 5.66. The molecule has 0 aromatic heterocycles. The van der Waals surface area contributed by atoms with Gasteiger partial charge < -0.3 is 10.6 Å². The summed E-state index contributed by atoms with van der Waals surface area (Å²) < 4.78 is 0. The van der Waals surface area contributed by atoms with Gasteiger partial charge in [-0.3, -0.25) is 4.79 Å². The number of carbonyl (C=O) groups excluding carboxylic acids is 1. The zero-order valence-electron chi connectivity index (χ0n) is 11.8. The number of halogens is 2. The van der Waals surface area contributed by atoms with Crippen LogP contribution in [0, 0.1) is 13.8 Å². The Balaban J connectivity index is 1.95. The number of hydrogen-bond donors (Lipinski definition) is 2. The van der Waals surface area contributed by atoms with Gasteiger partial charge in [0.2, 0.25) is 5.91 Å². The molecule has 0 atom stereocenters. The topological polar surface area (TPSA) is 41.1 Å². The van der Waals surface area contributed by atoms with E-state index in [1.807, 2.05) is 38.1 Å². The standard InChI is InChI=1S/C16H16Cl2N2O/c1-10-3-5-12(6-4-10)20-16(21)9-19-15-8-13(17)11(2)7-14(15)18/h3-8,19H,9H2,1-2H3,(H,20,21). The van der Waals surface area contributed by atoms with Crippen LogP contribution in [-0.4, -0.2) is 12.5 Å². The monoisotopic (exact) mass is 322 g/mol. The Morgan fingerprint density at radius 3 is 2.38 bits per heavy atom. The van der Waals surface area contributed by atoms with E-state index < -0.39 is 0 Å². The van der Waals surface area contributed by atoms with Gasteiger partial charge in [-0.1, -0.05) is 40.9 Å². The van der Waals surface area contributed by atoms with Crippen LogP contribution in [0.3, 0.4) is 0 Å². The van der Waals surface area contributed by atoms with Crippen LogP contribution in [0.15, 0.2) is 36.4 Å². The molecule has 21 heavy (non-hydrogen) atoms. The van der Waals surface area contributed by atoms with Crippen molar-refractivity contribution in [2.45, 2.75) is 13.8 Å². The summed E-state index contributed by atoms with van der Waals surface area (Å²) >= 11 is 12.2. The molecule has 0 aliphatic carbocycles. The van der Waals surface area contributed by atoms with Gasteiger partial charge in [-0.2, -0.15) is 0 Å². The predicted molar refractivity (Wildman–Crippen MR) is 89.5 cm³/mol. The minimum Gasteiger partial charge on any atom is -0.375 e. The van der Waals surface area contributed by atoms with E-state index in [-0.39, 0.29) is 12.5 Å². The lowest BCUT2D eigenvalue weighted by molar-refractivity contribution is -0.114. The average molecular weight is 323 g/mol. The van der Waals surface area contributed by atoms with Crippen molar-refractivity contribution in [3.8, 4) is 0 Å². The minimum atomic E-state index is -0.147. The molecule has 0 unspecified atom stereocenters. The lowest BCUT2D eigenvalue weighted by Crippen LogP contribution is -2.21. The average Bonchev–Trinajstić information content (AvgIpc) is 2.44. The first-order valence-electron chi connectivity index (χ1n) is 6.52. The van der Waals surface area contributed by atoms with Crippen molar-refractivity contribution in [1.29, 1.82) is 0 Å². The number of anilines is 2. The molecule has 0 saturated heterocycles. The minimum absolute atomic E-state index is 0.118. The number of amides is 1. The van der Waals surface area contributed by atoms with Gasteiger partial charge >= 0.3 is 0 Å². The van der Waals surface area contributed by atoms with Crippen molar-refractivity contribution in [3.05, 3.63) is 57.6 Å². The largest absolute Gasteiger partial charge is 0.375 e. The highest BCUT2D eigenvalue weighted by atomic mass is 35.5. The van der Waals surface area contributed by atoms with E-state index in [9.17, 15) is 4.79 Å². The van der Waals surface area contributed by atoms with Crippen LogP contribution in [0.25, 0.3) is 0 Å². The molecular formula is C16H16Cl2N2O. The molecule has 5 heteroatoms. The Morgan fingerprint density at radius 1 is 1.05 bits per heavy atom. The van der Waals surface area contributed by atoms with Crippen molar-refractivity contribution in [1.82, 2.24) is 0 Å². The molecule has 110 valence electrons. The van der Waals surface area contributed by atoms with Crippen molar-refractivity contribution in [3.63, 3.8) is 0 Å². The molecule has 1 amide bonds. The maximum atomic E-state index is 11.9. The molecular weight excluding hydrogens is 307 g/mol. The Hall–Kier alpha value is -1.71. The smallest absolute Gasteiger partial charge is 0.243 e. The molecule has 0 radical (unpaired) electrons. The fourth-order valence-corrected chi connectivity index (χ4v) is 2.25. The maximum Gasteiger partial charge on any atom is 0.243 e. The number of carbonyl (C=O) groups is 1. The molecule has 2 rings (SSSR count). The third kappa shape index (κ3) is 4.38. The molecule has 0 aliphatic rings. The SMILES string of the molecule is Cc1ccc(NC(=O)CNc2cc(Cl)c(C)cc2Cl)cc1. The first kappa shape index (κ1) is 15.7. The van der Waals surface area contributed by atoms with Gasteiger partial charge in [0, 0.05) is 10.7 Å². The van der Waals surface area contributed by atoms with Crippen molar-refractivity contribution >= 4 is 40.5 Å². The Labute approximate surface area is 134 Å². The molecule has 2 N–H and O–H groups in total.